The molecule has 11 heteroatoms. The predicted octanol–water partition coefficient (Wildman–Crippen LogP) is 4.93. The van der Waals surface area contributed by atoms with Crippen molar-refractivity contribution in [3.8, 4) is 0 Å². The fourth-order valence-corrected chi connectivity index (χ4v) is 5.85. The first-order valence-electron chi connectivity index (χ1n) is 11.4. The molecule has 190 valence electrons. The maximum atomic E-state index is 14.3. The van der Waals surface area contributed by atoms with Crippen LogP contribution in [0.2, 0.25) is 0 Å². The summed E-state index contributed by atoms with van der Waals surface area (Å²) in [6.07, 6.45) is 0.234. The Bertz CT molecular complexity index is 1230. The lowest BCUT2D eigenvalue weighted by Crippen LogP contribution is -2.29. The number of nitrogens with zero attached hydrogens (tertiary/aromatic N) is 1. The lowest BCUT2D eigenvalue weighted by atomic mass is 9.84. The molecule has 0 radical (unpaired) electrons. The number of fused-ring (bicyclic) bond motifs is 2. The second-order valence-electron chi connectivity index (χ2n) is 9.57. The molecule has 6 nitrogen and oxygen atoms in total. The van der Waals surface area contributed by atoms with Crippen LogP contribution in [0, 0.1) is 17.7 Å². The monoisotopic (exact) mass is 513 g/mol. The van der Waals surface area contributed by atoms with Gasteiger partial charge in [-0.15, -0.1) is 0 Å². The van der Waals surface area contributed by atoms with Gasteiger partial charge in [0.15, 0.2) is 0 Å². The Morgan fingerprint density at radius 3 is 2.49 bits per heavy atom. The van der Waals surface area contributed by atoms with Crippen molar-refractivity contribution in [3.63, 3.8) is 0 Å². The third-order valence-corrected chi connectivity index (χ3v) is 7.62. The van der Waals surface area contributed by atoms with Crippen LogP contribution in [0.4, 0.5) is 23.2 Å². The molecule has 2 N–H and O–H groups in total. The minimum absolute atomic E-state index is 0.00767. The molecule has 35 heavy (non-hydrogen) atoms. The molecule has 2 bridgehead atoms. The first-order chi connectivity index (χ1) is 16.3. The topological polar surface area (TPSA) is 88.2 Å². The second-order valence-corrected chi connectivity index (χ2v) is 11.3. The molecule has 0 spiro atoms. The molecule has 0 saturated heterocycles. The maximum Gasteiger partial charge on any atom is 0.433 e. The van der Waals surface area contributed by atoms with E-state index in [1.807, 2.05) is 0 Å². The van der Waals surface area contributed by atoms with Crippen LogP contribution in [-0.2, 0) is 27.5 Å². The van der Waals surface area contributed by atoms with Crippen molar-refractivity contribution in [2.75, 3.05) is 11.0 Å². The standard InChI is InChI=1S/C24H27F4N3O3S/c1-13(15-5-7-20(19(25)11-15)31-35(2,33)34)23(32)29-12-17-6-8-21(24(26,27)28)30-22(17)18-10-14-3-4-16(18)9-14/h5-8,11,13-14,16,18,31H,3-4,9-10,12H2,1-2H3,(H,29,32)/t13-,14?,16?,18?/m0/s1. The van der Waals surface area contributed by atoms with Gasteiger partial charge in [0.05, 0.1) is 17.9 Å². The molecule has 3 unspecified atom stereocenters. The largest absolute Gasteiger partial charge is 0.433 e. The van der Waals surface area contributed by atoms with Crippen LogP contribution in [0.1, 0.15) is 67.0 Å². The van der Waals surface area contributed by atoms with E-state index in [1.165, 1.54) is 18.2 Å². The lowest BCUT2D eigenvalue weighted by molar-refractivity contribution is -0.141. The summed E-state index contributed by atoms with van der Waals surface area (Å²) >= 11 is 0. The summed E-state index contributed by atoms with van der Waals surface area (Å²) in [5.74, 6) is -1.26. The average molecular weight is 514 g/mol. The first kappa shape index (κ1) is 25.4. The molecule has 2 aromatic rings. The molecule has 2 aliphatic rings. The maximum absolute atomic E-state index is 14.3. The molecule has 4 rings (SSSR count). The number of benzene rings is 1. The van der Waals surface area contributed by atoms with Crippen LogP contribution in [0.25, 0.3) is 0 Å². The van der Waals surface area contributed by atoms with Crippen LogP contribution in [-0.4, -0.2) is 25.6 Å². The molecular weight excluding hydrogens is 486 g/mol. The molecular formula is C24H27F4N3O3S. The fraction of sp³-hybridized carbons (Fsp3) is 0.500. The van der Waals surface area contributed by atoms with Crippen molar-refractivity contribution in [1.29, 1.82) is 0 Å². The summed E-state index contributed by atoms with van der Waals surface area (Å²) in [4.78, 5) is 16.8. The molecule has 1 amide bonds. The van der Waals surface area contributed by atoms with Crippen LogP contribution in [0.3, 0.4) is 0 Å². The number of hydrogen-bond acceptors (Lipinski definition) is 4. The van der Waals surface area contributed by atoms with Gasteiger partial charge in [-0.2, -0.15) is 13.2 Å². The number of sulfonamides is 1. The van der Waals surface area contributed by atoms with Crippen LogP contribution < -0.4 is 10.0 Å². The van der Waals surface area contributed by atoms with Gasteiger partial charge in [0, 0.05) is 18.2 Å². The van der Waals surface area contributed by atoms with Crippen molar-refractivity contribution in [1.82, 2.24) is 10.3 Å². The number of carbonyl (C=O) groups excluding carboxylic acids is 1. The number of aromatic nitrogens is 1. The van der Waals surface area contributed by atoms with E-state index in [2.05, 4.69) is 15.0 Å². The third kappa shape index (κ3) is 5.76. The van der Waals surface area contributed by atoms with E-state index in [1.54, 1.807) is 6.92 Å². The van der Waals surface area contributed by atoms with E-state index in [0.717, 1.165) is 44.1 Å². The van der Waals surface area contributed by atoms with Gasteiger partial charge in [0.1, 0.15) is 11.5 Å². The van der Waals surface area contributed by atoms with Gasteiger partial charge in [-0.3, -0.25) is 9.52 Å². The van der Waals surface area contributed by atoms with Crippen molar-refractivity contribution in [2.45, 2.75) is 57.2 Å². The van der Waals surface area contributed by atoms with Crippen LogP contribution in [0.5, 0.6) is 0 Å². The zero-order valence-electron chi connectivity index (χ0n) is 19.3. The fourth-order valence-electron chi connectivity index (χ4n) is 5.28. The smallest absolute Gasteiger partial charge is 0.351 e. The highest BCUT2D eigenvalue weighted by Crippen LogP contribution is 2.53. The number of halogens is 4. The van der Waals surface area contributed by atoms with E-state index in [9.17, 15) is 30.8 Å². The highest BCUT2D eigenvalue weighted by Gasteiger charge is 2.43. The Kier molecular flexibility index (Phi) is 6.82. The Hall–Kier alpha value is -2.69. The zero-order valence-corrected chi connectivity index (χ0v) is 20.1. The number of pyridine rings is 1. The predicted molar refractivity (Wildman–Crippen MR) is 123 cm³/mol. The molecule has 2 aliphatic carbocycles. The molecule has 0 aliphatic heterocycles. The summed E-state index contributed by atoms with van der Waals surface area (Å²) in [6, 6.07) is 6.08. The SMILES string of the molecule is C[C@H](C(=O)NCc1ccc(C(F)(F)F)nc1C1CC2CCC1C2)c1ccc(NS(C)(=O)=O)c(F)c1. The van der Waals surface area contributed by atoms with Gasteiger partial charge in [-0.1, -0.05) is 18.6 Å². The molecule has 2 saturated carbocycles. The molecule has 1 aromatic carbocycles. The first-order valence-corrected chi connectivity index (χ1v) is 13.3. The number of carbonyl (C=O) groups is 1. The molecule has 1 aromatic heterocycles. The van der Waals surface area contributed by atoms with Crippen LogP contribution >= 0.6 is 0 Å². The quantitative estimate of drug-likeness (QED) is 0.514. The summed E-state index contributed by atoms with van der Waals surface area (Å²) in [5, 5.41) is 2.74. The minimum atomic E-state index is -4.55. The Labute approximate surface area is 201 Å². The number of amides is 1. The Morgan fingerprint density at radius 2 is 1.91 bits per heavy atom. The molecule has 4 atom stereocenters. The number of hydrogen-bond donors (Lipinski definition) is 2. The summed E-state index contributed by atoms with van der Waals surface area (Å²) in [5.41, 5.74) is 0.127. The van der Waals surface area contributed by atoms with E-state index in [-0.39, 0.29) is 18.2 Å². The normalized spacial score (nSPS) is 22.7. The van der Waals surface area contributed by atoms with Gasteiger partial charge < -0.3 is 5.32 Å². The van der Waals surface area contributed by atoms with Gasteiger partial charge in [-0.05, 0) is 67.3 Å². The zero-order chi connectivity index (χ0) is 25.5. The highest BCUT2D eigenvalue weighted by molar-refractivity contribution is 7.92. The Balaban J connectivity index is 1.50. The number of anilines is 1. The van der Waals surface area contributed by atoms with Crippen molar-refractivity contribution >= 4 is 21.6 Å². The molecule has 1 heterocycles. The van der Waals surface area contributed by atoms with Crippen LogP contribution in [0.15, 0.2) is 30.3 Å². The van der Waals surface area contributed by atoms with E-state index in [0.29, 0.717) is 28.7 Å². The minimum Gasteiger partial charge on any atom is -0.351 e. The van der Waals surface area contributed by atoms with Gasteiger partial charge in [0.25, 0.3) is 0 Å². The van der Waals surface area contributed by atoms with Gasteiger partial charge >= 0.3 is 6.18 Å². The summed E-state index contributed by atoms with van der Waals surface area (Å²) in [7, 11) is -3.66. The van der Waals surface area contributed by atoms with E-state index >= 15 is 0 Å². The summed E-state index contributed by atoms with van der Waals surface area (Å²) < 4.78 is 79.1. The van der Waals surface area contributed by atoms with Crippen molar-refractivity contribution in [2.24, 2.45) is 11.8 Å². The lowest BCUT2D eigenvalue weighted by Gasteiger charge is -2.25. The second kappa shape index (κ2) is 9.40. The third-order valence-electron chi connectivity index (χ3n) is 7.03. The Morgan fingerprint density at radius 1 is 1.17 bits per heavy atom. The summed E-state index contributed by atoms with van der Waals surface area (Å²) in [6.45, 7) is 1.57. The average Bonchev–Trinajstić information content (AvgIpc) is 3.40. The number of alkyl halides is 3. The van der Waals surface area contributed by atoms with Gasteiger partial charge in [0.2, 0.25) is 15.9 Å². The number of nitrogens with one attached hydrogen (secondary N) is 2. The van der Waals surface area contributed by atoms with Crippen molar-refractivity contribution < 1.29 is 30.8 Å². The number of rotatable bonds is 7. The van der Waals surface area contributed by atoms with E-state index < -0.39 is 39.5 Å². The highest BCUT2D eigenvalue weighted by atomic mass is 32.2. The van der Waals surface area contributed by atoms with Gasteiger partial charge in [-0.25, -0.2) is 17.8 Å². The van der Waals surface area contributed by atoms with E-state index in [4.69, 9.17) is 0 Å². The molecule has 2 fully saturated rings. The van der Waals surface area contributed by atoms with Crippen molar-refractivity contribution in [3.05, 3.63) is 58.7 Å².